The fourth-order valence-electron chi connectivity index (χ4n) is 4.13. The van der Waals surface area contributed by atoms with E-state index in [1.54, 1.807) is 19.1 Å². The van der Waals surface area contributed by atoms with Crippen molar-refractivity contribution >= 4 is 28.4 Å². The Morgan fingerprint density at radius 1 is 1.18 bits per heavy atom. The number of fused-ring (bicyclic) bond motifs is 1. The molecule has 0 saturated heterocycles. The third kappa shape index (κ3) is 4.07. The number of nitriles is 2. The number of ether oxygens (including phenoxy) is 1. The van der Waals surface area contributed by atoms with Crippen molar-refractivity contribution in [2.24, 2.45) is 10.9 Å². The van der Waals surface area contributed by atoms with Crippen LogP contribution in [0.5, 0.6) is 0 Å². The number of benzene rings is 2. The molecule has 1 aromatic heterocycles. The highest BCUT2D eigenvalue weighted by Crippen LogP contribution is 2.39. The highest BCUT2D eigenvalue weighted by Gasteiger charge is 2.34. The average Bonchev–Trinajstić information content (AvgIpc) is 3.24. The molecule has 2 aromatic carbocycles. The van der Waals surface area contributed by atoms with Crippen LogP contribution >= 0.6 is 0 Å². The van der Waals surface area contributed by atoms with E-state index >= 15 is 0 Å². The van der Waals surface area contributed by atoms with Gasteiger partial charge in [-0.25, -0.2) is 4.79 Å². The molecule has 0 saturated carbocycles. The van der Waals surface area contributed by atoms with Crippen molar-refractivity contribution in [3.05, 3.63) is 70.4 Å². The Labute approximate surface area is 191 Å². The number of anilines is 1. The lowest BCUT2D eigenvalue weighted by Crippen LogP contribution is -2.24. The van der Waals surface area contributed by atoms with E-state index in [9.17, 15) is 15.3 Å². The molecular weight excluding hydrogens is 416 g/mol. The Kier molecular flexibility index (Phi) is 5.93. The number of allylic oxidation sites excluding steroid dienone is 2. The van der Waals surface area contributed by atoms with Gasteiger partial charge in [-0.2, -0.15) is 15.6 Å². The predicted molar refractivity (Wildman–Crippen MR) is 124 cm³/mol. The van der Waals surface area contributed by atoms with Crippen molar-refractivity contribution in [1.82, 2.24) is 10.2 Å². The highest BCUT2D eigenvalue weighted by atomic mass is 16.5. The standard InChI is InChI=1S/C25H22N6O2/c1-14-20(11-26)23(21(12-27)15(2)29-14)18-8-9-22-19(10-18)24(31-30-22)28-13-16-4-6-17(7-5-16)25(32)33-3/h4-10,20,23H,13H2,1-3H3,(H2,28,30,31). The predicted octanol–water partition coefficient (Wildman–Crippen LogP) is 4.46. The molecule has 0 fully saturated rings. The second kappa shape index (κ2) is 8.97. The zero-order chi connectivity index (χ0) is 23.5. The summed E-state index contributed by atoms with van der Waals surface area (Å²) in [5.74, 6) is -0.592. The van der Waals surface area contributed by atoms with Crippen molar-refractivity contribution in [1.29, 1.82) is 10.5 Å². The van der Waals surface area contributed by atoms with Crippen LogP contribution in [0.25, 0.3) is 10.9 Å². The molecule has 0 amide bonds. The Morgan fingerprint density at radius 2 is 1.94 bits per heavy atom. The van der Waals surface area contributed by atoms with E-state index in [0.717, 1.165) is 22.0 Å². The Bertz CT molecular complexity index is 1370. The molecule has 0 aliphatic carbocycles. The van der Waals surface area contributed by atoms with Crippen LogP contribution in [-0.4, -0.2) is 29.0 Å². The van der Waals surface area contributed by atoms with Crippen LogP contribution in [0.15, 0.2) is 58.7 Å². The Morgan fingerprint density at radius 3 is 2.61 bits per heavy atom. The minimum absolute atomic E-state index is 0.375. The number of H-pyrrole nitrogens is 1. The first-order valence-electron chi connectivity index (χ1n) is 10.4. The van der Waals surface area contributed by atoms with Crippen molar-refractivity contribution in [2.45, 2.75) is 26.3 Å². The number of aromatic amines is 1. The van der Waals surface area contributed by atoms with Gasteiger partial charge >= 0.3 is 5.97 Å². The first-order valence-corrected chi connectivity index (χ1v) is 10.4. The lowest BCUT2D eigenvalue weighted by atomic mass is 9.76. The van der Waals surface area contributed by atoms with E-state index in [1.807, 2.05) is 37.3 Å². The summed E-state index contributed by atoms with van der Waals surface area (Å²) in [6, 6.07) is 17.5. The Hall–Kier alpha value is -4.43. The second-order valence-corrected chi connectivity index (χ2v) is 7.87. The number of nitrogens with zero attached hydrogens (tertiary/aromatic N) is 4. The third-order valence-electron chi connectivity index (χ3n) is 5.87. The maximum absolute atomic E-state index is 11.6. The summed E-state index contributed by atoms with van der Waals surface area (Å²) in [6.45, 7) is 4.13. The van der Waals surface area contributed by atoms with Crippen LogP contribution in [0.3, 0.4) is 0 Å². The van der Waals surface area contributed by atoms with Crippen LogP contribution in [0.1, 0.15) is 41.3 Å². The number of nitrogens with one attached hydrogen (secondary N) is 2. The van der Waals surface area contributed by atoms with Crippen LogP contribution in [-0.2, 0) is 11.3 Å². The van der Waals surface area contributed by atoms with Gasteiger partial charge < -0.3 is 10.1 Å². The molecule has 2 N–H and O–H groups in total. The molecule has 1 aliphatic heterocycles. The van der Waals surface area contributed by atoms with E-state index in [4.69, 9.17) is 4.74 Å². The topological polar surface area (TPSA) is 127 Å². The molecule has 1 aliphatic rings. The number of hydrogen-bond donors (Lipinski definition) is 2. The lowest BCUT2D eigenvalue weighted by molar-refractivity contribution is 0.0600. The van der Waals surface area contributed by atoms with E-state index in [0.29, 0.717) is 34.9 Å². The Balaban J connectivity index is 1.63. The smallest absolute Gasteiger partial charge is 0.337 e. The molecule has 164 valence electrons. The molecule has 4 rings (SSSR count). The number of esters is 1. The fraction of sp³-hybridized carbons (Fsp3) is 0.240. The second-order valence-electron chi connectivity index (χ2n) is 7.87. The van der Waals surface area contributed by atoms with Gasteiger partial charge in [0.1, 0.15) is 0 Å². The monoisotopic (exact) mass is 438 g/mol. The van der Waals surface area contributed by atoms with Gasteiger partial charge in [0.15, 0.2) is 5.82 Å². The molecule has 3 aromatic rings. The van der Waals surface area contributed by atoms with E-state index in [2.05, 4.69) is 32.6 Å². The average molecular weight is 438 g/mol. The molecule has 0 spiro atoms. The van der Waals surface area contributed by atoms with E-state index in [1.165, 1.54) is 7.11 Å². The van der Waals surface area contributed by atoms with Gasteiger partial charge in [0.05, 0.1) is 47.5 Å². The van der Waals surface area contributed by atoms with E-state index < -0.39 is 5.92 Å². The number of aromatic nitrogens is 2. The van der Waals surface area contributed by atoms with Gasteiger partial charge in [-0.1, -0.05) is 18.2 Å². The number of methoxy groups -OCH3 is 1. The number of carbonyl (C=O) groups is 1. The number of carbonyl (C=O) groups excluding carboxylic acids is 1. The summed E-state index contributed by atoms with van der Waals surface area (Å²) < 4.78 is 4.73. The normalized spacial score (nSPS) is 17.8. The summed E-state index contributed by atoms with van der Waals surface area (Å²) in [7, 11) is 1.35. The minimum atomic E-state index is -0.502. The number of rotatable bonds is 5. The van der Waals surface area contributed by atoms with Gasteiger partial charge in [-0.15, -0.1) is 0 Å². The van der Waals surface area contributed by atoms with Crippen LogP contribution in [0, 0.1) is 28.6 Å². The molecule has 33 heavy (non-hydrogen) atoms. The summed E-state index contributed by atoms with van der Waals surface area (Å²) in [6.07, 6.45) is 0. The largest absolute Gasteiger partial charge is 0.465 e. The quantitative estimate of drug-likeness (QED) is 0.566. The zero-order valence-electron chi connectivity index (χ0n) is 18.5. The van der Waals surface area contributed by atoms with Crippen molar-refractivity contribution in [3.63, 3.8) is 0 Å². The number of aliphatic imine (C=N–C) groups is 1. The molecule has 2 atom stereocenters. The number of hydrogen-bond acceptors (Lipinski definition) is 7. The SMILES string of the molecule is COC(=O)c1ccc(CNc2n[nH]c3ccc(C4C(C#N)=C(C)N=C(C)C4C#N)cc23)cc1. The van der Waals surface area contributed by atoms with Crippen LogP contribution < -0.4 is 5.32 Å². The van der Waals surface area contributed by atoms with Crippen LogP contribution in [0.4, 0.5) is 5.82 Å². The van der Waals surface area contributed by atoms with Crippen molar-refractivity contribution in [2.75, 3.05) is 12.4 Å². The summed E-state index contributed by atoms with van der Waals surface area (Å²) in [4.78, 5) is 16.0. The van der Waals surface area contributed by atoms with Crippen LogP contribution in [0.2, 0.25) is 0 Å². The summed E-state index contributed by atoms with van der Waals surface area (Å²) >= 11 is 0. The van der Waals surface area contributed by atoms with Gasteiger partial charge in [-0.3, -0.25) is 10.1 Å². The van der Waals surface area contributed by atoms with Gasteiger partial charge in [0, 0.05) is 23.6 Å². The maximum Gasteiger partial charge on any atom is 0.337 e. The first-order chi connectivity index (χ1) is 16.0. The summed E-state index contributed by atoms with van der Waals surface area (Å²) in [5, 5.41) is 31.1. The van der Waals surface area contributed by atoms with Gasteiger partial charge in [0.2, 0.25) is 0 Å². The highest BCUT2D eigenvalue weighted by molar-refractivity contribution is 5.93. The van der Waals surface area contributed by atoms with Gasteiger partial charge in [-0.05, 0) is 49.2 Å². The molecule has 2 heterocycles. The molecule has 0 bridgehead atoms. The first kappa shape index (κ1) is 21.8. The maximum atomic E-state index is 11.6. The molecule has 8 nitrogen and oxygen atoms in total. The fourth-order valence-corrected chi connectivity index (χ4v) is 4.13. The summed E-state index contributed by atoms with van der Waals surface area (Å²) in [5.41, 5.74) is 5.04. The third-order valence-corrected chi connectivity index (χ3v) is 5.87. The lowest BCUT2D eigenvalue weighted by Gasteiger charge is -2.26. The minimum Gasteiger partial charge on any atom is -0.465 e. The van der Waals surface area contributed by atoms with Gasteiger partial charge in [0.25, 0.3) is 0 Å². The molecule has 8 heteroatoms. The molecule has 0 radical (unpaired) electrons. The van der Waals surface area contributed by atoms with Crippen molar-refractivity contribution < 1.29 is 9.53 Å². The molecule has 2 unspecified atom stereocenters. The van der Waals surface area contributed by atoms with Crippen molar-refractivity contribution in [3.8, 4) is 12.1 Å². The zero-order valence-corrected chi connectivity index (χ0v) is 18.5. The van der Waals surface area contributed by atoms with E-state index in [-0.39, 0.29) is 11.9 Å². The molecular formula is C25H22N6O2.